The van der Waals surface area contributed by atoms with E-state index in [1.165, 1.54) is 0 Å². The summed E-state index contributed by atoms with van der Waals surface area (Å²) in [6.45, 7) is 10.2. The number of hydrogen-bond acceptors (Lipinski definition) is 7. The number of carbonyl (C=O) groups is 1. The first kappa shape index (κ1) is 24.7. The molecule has 162 valence electrons. The minimum absolute atomic E-state index is 0. The smallest absolute Gasteiger partial charge is 0.315 e. The molecule has 2 aromatic rings. The van der Waals surface area contributed by atoms with Crippen LogP contribution in [-0.2, 0) is 4.79 Å². The van der Waals surface area contributed by atoms with E-state index in [0.29, 0.717) is 35.3 Å². The first-order valence-electron chi connectivity index (χ1n) is 9.89. The molecule has 0 spiro atoms. The molecule has 29 heavy (non-hydrogen) atoms. The Morgan fingerprint density at radius 1 is 1.21 bits per heavy atom. The quantitative estimate of drug-likeness (QED) is 0.495. The van der Waals surface area contributed by atoms with Gasteiger partial charge in [0, 0.05) is 24.7 Å². The molecule has 0 fully saturated rings. The zero-order chi connectivity index (χ0) is 20.4. The van der Waals surface area contributed by atoms with Gasteiger partial charge in [-0.2, -0.15) is 0 Å². The summed E-state index contributed by atoms with van der Waals surface area (Å²) in [5.74, 6) is 0.909. The van der Waals surface area contributed by atoms with Gasteiger partial charge in [0.2, 0.25) is 5.91 Å². The van der Waals surface area contributed by atoms with Crippen molar-refractivity contribution in [3.63, 3.8) is 0 Å². The Morgan fingerprint density at radius 2 is 1.97 bits per heavy atom. The van der Waals surface area contributed by atoms with E-state index in [-0.39, 0.29) is 18.3 Å². The maximum absolute atomic E-state index is 11.8. The average molecular weight is 426 g/mol. The van der Waals surface area contributed by atoms with Crippen LogP contribution in [0.1, 0.15) is 40.0 Å². The molecule has 0 saturated carbocycles. The van der Waals surface area contributed by atoms with Crippen LogP contribution in [0.2, 0.25) is 0 Å². The molecule has 1 aromatic heterocycles. The van der Waals surface area contributed by atoms with Gasteiger partial charge in [-0.05, 0) is 44.6 Å². The minimum atomic E-state index is -0.0220. The van der Waals surface area contributed by atoms with Gasteiger partial charge in [-0.1, -0.05) is 25.9 Å². The Labute approximate surface area is 178 Å². The van der Waals surface area contributed by atoms with E-state index in [1.54, 1.807) is 25.3 Å². The summed E-state index contributed by atoms with van der Waals surface area (Å²) in [5, 5.41) is 14.2. The van der Waals surface area contributed by atoms with Crippen molar-refractivity contribution in [3.05, 3.63) is 18.2 Å². The highest BCUT2D eigenvalue weighted by molar-refractivity contribution is 5.91. The summed E-state index contributed by atoms with van der Waals surface area (Å²) < 4.78 is 11.2. The zero-order valence-electron chi connectivity index (χ0n) is 17.7. The van der Waals surface area contributed by atoms with E-state index in [4.69, 9.17) is 9.15 Å². The SMILES string of the molecule is CCCC(=O)Nc1ccc(-c2nnc(NCCCN(CC)CC)o2)c(OC)c1.Cl. The zero-order valence-corrected chi connectivity index (χ0v) is 18.5. The van der Waals surface area contributed by atoms with Crippen molar-refractivity contribution in [1.29, 1.82) is 0 Å². The number of halogens is 1. The highest BCUT2D eigenvalue weighted by Gasteiger charge is 2.15. The third-order valence-electron chi connectivity index (χ3n) is 4.44. The molecule has 0 radical (unpaired) electrons. The molecule has 0 unspecified atom stereocenters. The Morgan fingerprint density at radius 3 is 2.62 bits per heavy atom. The number of benzene rings is 1. The summed E-state index contributed by atoms with van der Waals surface area (Å²) in [6.07, 6.45) is 2.28. The van der Waals surface area contributed by atoms with Crippen LogP contribution in [0.5, 0.6) is 5.75 Å². The number of rotatable bonds is 12. The standard InChI is InChI=1S/C20H31N5O3.ClH/c1-5-9-18(26)22-15-10-11-16(17(14-15)27-4)19-23-24-20(28-19)21-12-8-13-25(6-2)7-3;/h10-11,14H,5-9,12-13H2,1-4H3,(H,21,24)(H,22,26);1H. The summed E-state index contributed by atoms with van der Waals surface area (Å²) in [4.78, 5) is 14.1. The number of nitrogens with zero attached hydrogens (tertiary/aromatic N) is 3. The molecule has 0 atom stereocenters. The van der Waals surface area contributed by atoms with E-state index in [1.807, 2.05) is 6.92 Å². The van der Waals surface area contributed by atoms with Crippen LogP contribution in [0.25, 0.3) is 11.5 Å². The first-order chi connectivity index (χ1) is 13.6. The van der Waals surface area contributed by atoms with E-state index in [0.717, 1.165) is 39.0 Å². The van der Waals surface area contributed by atoms with Crippen molar-refractivity contribution in [3.8, 4) is 17.2 Å². The average Bonchev–Trinajstić information content (AvgIpc) is 3.17. The molecule has 2 N–H and O–H groups in total. The molecule has 1 aromatic carbocycles. The van der Waals surface area contributed by atoms with Crippen molar-refractivity contribution in [2.75, 3.05) is 43.9 Å². The molecule has 0 aliphatic carbocycles. The first-order valence-corrected chi connectivity index (χ1v) is 9.89. The third-order valence-corrected chi connectivity index (χ3v) is 4.44. The summed E-state index contributed by atoms with van der Waals surface area (Å²) in [7, 11) is 1.57. The number of methoxy groups -OCH3 is 1. The fourth-order valence-corrected chi connectivity index (χ4v) is 2.84. The van der Waals surface area contributed by atoms with Crippen LogP contribution < -0.4 is 15.4 Å². The van der Waals surface area contributed by atoms with E-state index < -0.39 is 0 Å². The second-order valence-corrected chi connectivity index (χ2v) is 6.43. The lowest BCUT2D eigenvalue weighted by Crippen LogP contribution is -2.25. The van der Waals surface area contributed by atoms with Crippen molar-refractivity contribution in [2.24, 2.45) is 0 Å². The Kier molecular flexibility index (Phi) is 11.1. The fourth-order valence-electron chi connectivity index (χ4n) is 2.84. The lowest BCUT2D eigenvalue weighted by Gasteiger charge is -2.17. The largest absolute Gasteiger partial charge is 0.496 e. The molecule has 1 heterocycles. The second kappa shape index (κ2) is 13.0. The molecule has 0 saturated heterocycles. The monoisotopic (exact) mass is 425 g/mol. The van der Waals surface area contributed by atoms with Crippen molar-refractivity contribution < 1.29 is 13.9 Å². The van der Waals surface area contributed by atoms with E-state index >= 15 is 0 Å². The summed E-state index contributed by atoms with van der Waals surface area (Å²) in [5.41, 5.74) is 1.35. The number of hydrogen-bond donors (Lipinski definition) is 2. The lowest BCUT2D eigenvalue weighted by atomic mass is 10.1. The number of amides is 1. The topological polar surface area (TPSA) is 92.5 Å². The van der Waals surface area contributed by atoms with Gasteiger partial charge in [0.25, 0.3) is 5.89 Å². The van der Waals surface area contributed by atoms with Crippen LogP contribution in [0, 0.1) is 0 Å². The third kappa shape index (κ3) is 7.55. The van der Waals surface area contributed by atoms with Gasteiger partial charge in [-0.3, -0.25) is 4.79 Å². The highest BCUT2D eigenvalue weighted by atomic mass is 35.5. The van der Waals surface area contributed by atoms with Gasteiger partial charge in [-0.25, -0.2) is 0 Å². The second-order valence-electron chi connectivity index (χ2n) is 6.43. The number of nitrogens with one attached hydrogen (secondary N) is 2. The van der Waals surface area contributed by atoms with Gasteiger partial charge >= 0.3 is 6.01 Å². The lowest BCUT2D eigenvalue weighted by molar-refractivity contribution is -0.116. The molecule has 0 aliphatic heterocycles. The molecule has 8 nitrogen and oxygen atoms in total. The van der Waals surface area contributed by atoms with Crippen LogP contribution in [0.4, 0.5) is 11.7 Å². The Hall–Kier alpha value is -2.32. The van der Waals surface area contributed by atoms with Gasteiger partial charge < -0.3 is 24.7 Å². The van der Waals surface area contributed by atoms with Crippen molar-refractivity contribution in [1.82, 2.24) is 15.1 Å². The van der Waals surface area contributed by atoms with Gasteiger partial charge in [0.05, 0.1) is 12.7 Å². The maximum Gasteiger partial charge on any atom is 0.315 e. The molecule has 0 bridgehead atoms. The molecule has 2 rings (SSSR count). The van der Waals surface area contributed by atoms with E-state index in [2.05, 4.69) is 39.6 Å². The molecule has 9 heteroatoms. The van der Waals surface area contributed by atoms with Crippen molar-refractivity contribution >= 4 is 30.0 Å². The van der Waals surface area contributed by atoms with Crippen LogP contribution in [0.3, 0.4) is 0 Å². The molecule has 1 amide bonds. The van der Waals surface area contributed by atoms with Gasteiger partial charge in [0.15, 0.2) is 0 Å². The Balaban J connectivity index is 0.00000420. The number of aromatic nitrogens is 2. The molecular formula is C20H32ClN5O3. The molecule has 0 aliphatic rings. The van der Waals surface area contributed by atoms with Crippen LogP contribution in [0.15, 0.2) is 22.6 Å². The van der Waals surface area contributed by atoms with Crippen LogP contribution >= 0.6 is 12.4 Å². The normalized spacial score (nSPS) is 10.5. The number of anilines is 2. The summed E-state index contributed by atoms with van der Waals surface area (Å²) in [6, 6.07) is 5.74. The fraction of sp³-hybridized carbons (Fsp3) is 0.550. The maximum atomic E-state index is 11.8. The minimum Gasteiger partial charge on any atom is -0.496 e. The summed E-state index contributed by atoms with van der Waals surface area (Å²) >= 11 is 0. The Bertz CT molecular complexity index is 749. The highest BCUT2D eigenvalue weighted by Crippen LogP contribution is 2.32. The number of carbonyl (C=O) groups excluding carboxylic acids is 1. The number of ether oxygens (including phenoxy) is 1. The van der Waals surface area contributed by atoms with Crippen molar-refractivity contribution in [2.45, 2.75) is 40.0 Å². The molecular weight excluding hydrogens is 394 g/mol. The van der Waals surface area contributed by atoms with Crippen LogP contribution in [-0.4, -0.2) is 54.3 Å². The predicted molar refractivity (Wildman–Crippen MR) is 118 cm³/mol. The van der Waals surface area contributed by atoms with E-state index in [9.17, 15) is 4.79 Å². The van der Waals surface area contributed by atoms with Gasteiger partial charge in [0.1, 0.15) is 5.75 Å². The predicted octanol–water partition coefficient (Wildman–Crippen LogP) is 4.05. The van der Waals surface area contributed by atoms with Gasteiger partial charge in [-0.15, -0.1) is 17.5 Å².